The molecule has 0 bridgehead atoms. The average Bonchev–Trinajstić information content (AvgIpc) is 2.83. The third-order valence-electron chi connectivity index (χ3n) is 2.77. The van der Waals surface area contributed by atoms with Crippen molar-refractivity contribution >= 4 is 22.5 Å². The SMILES string of the molecule is COc1ccc([C@@H](C)NC(=O)Nc2nnc(C)s2)cc1F. The largest absolute Gasteiger partial charge is 0.494 e. The number of hydrogen-bond donors (Lipinski definition) is 2. The molecule has 0 aliphatic carbocycles. The summed E-state index contributed by atoms with van der Waals surface area (Å²) >= 11 is 1.28. The van der Waals surface area contributed by atoms with E-state index >= 15 is 0 Å². The fourth-order valence-corrected chi connectivity index (χ4v) is 2.30. The van der Waals surface area contributed by atoms with Gasteiger partial charge in [-0.3, -0.25) is 5.32 Å². The number of hydrogen-bond acceptors (Lipinski definition) is 5. The molecule has 2 rings (SSSR count). The molecule has 1 aromatic heterocycles. The van der Waals surface area contributed by atoms with Crippen LogP contribution in [0.25, 0.3) is 0 Å². The summed E-state index contributed by atoms with van der Waals surface area (Å²) in [5.41, 5.74) is 0.636. The van der Waals surface area contributed by atoms with Crippen LogP contribution >= 0.6 is 11.3 Å². The molecule has 112 valence electrons. The Kier molecular flexibility index (Phi) is 4.69. The number of amides is 2. The Hall–Kier alpha value is -2.22. The van der Waals surface area contributed by atoms with Gasteiger partial charge in [-0.1, -0.05) is 17.4 Å². The number of halogens is 1. The van der Waals surface area contributed by atoms with Crippen LogP contribution in [0.4, 0.5) is 14.3 Å². The van der Waals surface area contributed by atoms with E-state index in [9.17, 15) is 9.18 Å². The van der Waals surface area contributed by atoms with E-state index in [1.54, 1.807) is 19.9 Å². The van der Waals surface area contributed by atoms with Gasteiger partial charge in [-0.15, -0.1) is 10.2 Å². The van der Waals surface area contributed by atoms with Gasteiger partial charge in [-0.2, -0.15) is 0 Å². The van der Waals surface area contributed by atoms with E-state index in [0.29, 0.717) is 10.7 Å². The number of benzene rings is 1. The number of carbonyl (C=O) groups is 1. The van der Waals surface area contributed by atoms with Crippen LogP contribution in [0, 0.1) is 12.7 Å². The van der Waals surface area contributed by atoms with Crippen molar-refractivity contribution in [2.45, 2.75) is 19.9 Å². The molecular formula is C13H15FN4O2S. The molecule has 0 saturated heterocycles. The Morgan fingerprint density at radius 1 is 1.43 bits per heavy atom. The predicted octanol–water partition coefficient (Wildman–Crippen LogP) is 2.88. The van der Waals surface area contributed by atoms with Crippen LogP contribution in [0.2, 0.25) is 0 Å². The first-order chi connectivity index (χ1) is 9.99. The van der Waals surface area contributed by atoms with E-state index in [-0.39, 0.29) is 11.8 Å². The number of methoxy groups -OCH3 is 1. The zero-order valence-electron chi connectivity index (χ0n) is 11.8. The summed E-state index contributed by atoms with van der Waals surface area (Å²) in [7, 11) is 1.40. The molecule has 0 radical (unpaired) electrons. The molecule has 1 atom stereocenters. The van der Waals surface area contributed by atoms with Crippen molar-refractivity contribution in [1.29, 1.82) is 0 Å². The first-order valence-electron chi connectivity index (χ1n) is 6.20. The molecular weight excluding hydrogens is 295 g/mol. The number of nitrogens with zero attached hydrogens (tertiary/aromatic N) is 2. The standard InChI is InChI=1S/C13H15FN4O2S/c1-7(9-4-5-11(20-3)10(14)6-9)15-12(19)16-13-18-17-8(2)21-13/h4-7H,1-3H3,(H2,15,16,18,19)/t7-/m1/s1. The molecule has 2 aromatic rings. The molecule has 21 heavy (non-hydrogen) atoms. The second-order valence-corrected chi connectivity index (χ2v) is 5.52. The monoisotopic (exact) mass is 310 g/mol. The van der Waals surface area contributed by atoms with E-state index in [1.165, 1.54) is 30.6 Å². The van der Waals surface area contributed by atoms with Crippen molar-refractivity contribution in [3.05, 3.63) is 34.6 Å². The van der Waals surface area contributed by atoms with Gasteiger partial charge < -0.3 is 10.1 Å². The topological polar surface area (TPSA) is 76.1 Å². The maximum Gasteiger partial charge on any atom is 0.321 e. The van der Waals surface area contributed by atoms with Gasteiger partial charge in [0.2, 0.25) is 5.13 Å². The lowest BCUT2D eigenvalue weighted by Gasteiger charge is -2.15. The minimum Gasteiger partial charge on any atom is -0.494 e. The van der Waals surface area contributed by atoms with Gasteiger partial charge >= 0.3 is 6.03 Å². The van der Waals surface area contributed by atoms with Crippen molar-refractivity contribution in [3.63, 3.8) is 0 Å². The first kappa shape index (κ1) is 15.2. The molecule has 0 unspecified atom stereocenters. The van der Waals surface area contributed by atoms with Crippen molar-refractivity contribution in [2.75, 3.05) is 12.4 Å². The summed E-state index contributed by atoms with van der Waals surface area (Å²) in [5.74, 6) is -0.302. The van der Waals surface area contributed by atoms with E-state index < -0.39 is 11.8 Å². The number of ether oxygens (including phenoxy) is 1. The Labute approximate surface area is 125 Å². The lowest BCUT2D eigenvalue weighted by molar-refractivity contribution is 0.249. The summed E-state index contributed by atoms with van der Waals surface area (Å²) in [6, 6.07) is 3.77. The lowest BCUT2D eigenvalue weighted by Crippen LogP contribution is -2.31. The highest BCUT2D eigenvalue weighted by atomic mass is 32.1. The van der Waals surface area contributed by atoms with E-state index in [2.05, 4.69) is 20.8 Å². The van der Waals surface area contributed by atoms with Crippen molar-refractivity contribution in [2.24, 2.45) is 0 Å². The predicted molar refractivity (Wildman–Crippen MR) is 78.2 cm³/mol. The molecule has 1 aromatic carbocycles. The van der Waals surface area contributed by atoms with Crippen LogP contribution in [-0.4, -0.2) is 23.3 Å². The van der Waals surface area contributed by atoms with Crippen LogP contribution in [0.3, 0.4) is 0 Å². The Morgan fingerprint density at radius 3 is 2.76 bits per heavy atom. The molecule has 0 spiro atoms. The summed E-state index contributed by atoms with van der Waals surface area (Å²) in [5, 5.41) is 14.0. The van der Waals surface area contributed by atoms with Gasteiger partial charge in [-0.05, 0) is 31.5 Å². The van der Waals surface area contributed by atoms with E-state index in [4.69, 9.17) is 4.74 Å². The van der Waals surface area contributed by atoms with Gasteiger partial charge in [0.05, 0.1) is 13.2 Å². The summed E-state index contributed by atoms with van der Waals surface area (Å²) in [6.07, 6.45) is 0. The highest BCUT2D eigenvalue weighted by Crippen LogP contribution is 2.22. The smallest absolute Gasteiger partial charge is 0.321 e. The number of nitrogens with one attached hydrogen (secondary N) is 2. The number of rotatable bonds is 4. The number of urea groups is 1. The van der Waals surface area contributed by atoms with Gasteiger partial charge in [0.15, 0.2) is 11.6 Å². The molecule has 0 aliphatic rings. The Morgan fingerprint density at radius 2 is 2.19 bits per heavy atom. The molecule has 0 saturated carbocycles. The van der Waals surface area contributed by atoms with Crippen molar-refractivity contribution in [1.82, 2.24) is 15.5 Å². The minimum atomic E-state index is -0.469. The highest BCUT2D eigenvalue weighted by Gasteiger charge is 2.13. The number of aryl methyl sites for hydroxylation is 1. The van der Waals surface area contributed by atoms with Crippen LogP contribution < -0.4 is 15.4 Å². The van der Waals surface area contributed by atoms with Crippen LogP contribution in [-0.2, 0) is 0 Å². The molecule has 8 heteroatoms. The van der Waals surface area contributed by atoms with Crippen LogP contribution in [0.15, 0.2) is 18.2 Å². The zero-order valence-corrected chi connectivity index (χ0v) is 12.6. The first-order valence-corrected chi connectivity index (χ1v) is 7.02. The fourth-order valence-electron chi connectivity index (χ4n) is 1.71. The quantitative estimate of drug-likeness (QED) is 0.910. The Balaban J connectivity index is 1.98. The number of carbonyl (C=O) groups excluding carboxylic acids is 1. The molecule has 0 fully saturated rings. The van der Waals surface area contributed by atoms with Gasteiger partial charge in [-0.25, -0.2) is 9.18 Å². The lowest BCUT2D eigenvalue weighted by atomic mass is 10.1. The summed E-state index contributed by atoms with van der Waals surface area (Å²) in [6.45, 7) is 3.55. The number of aromatic nitrogens is 2. The maximum atomic E-state index is 13.6. The van der Waals surface area contributed by atoms with E-state index in [1.807, 2.05) is 0 Å². The summed E-state index contributed by atoms with van der Waals surface area (Å²) < 4.78 is 18.5. The van der Waals surface area contributed by atoms with Gasteiger partial charge in [0.25, 0.3) is 0 Å². The maximum absolute atomic E-state index is 13.6. The molecule has 1 heterocycles. The van der Waals surface area contributed by atoms with Crippen molar-refractivity contribution in [3.8, 4) is 5.75 Å². The third kappa shape index (κ3) is 3.88. The number of anilines is 1. The fraction of sp³-hybridized carbons (Fsp3) is 0.308. The van der Waals surface area contributed by atoms with Crippen molar-refractivity contribution < 1.29 is 13.9 Å². The third-order valence-corrected chi connectivity index (χ3v) is 3.52. The summed E-state index contributed by atoms with van der Waals surface area (Å²) in [4.78, 5) is 11.8. The normalized spacial score (nSPS) is 11.8. The molecule has 2 N–H and O–H groups in total. The minimum absolute atomic E-state index is 0.166. The van der Waals surface area contributed by atoms with Crippen LogP contribution in [0.5, 0.6) is 5.75 Å². The second kappa shape index (κ2) is 6.49. The second-order valence-electron chi connectivity index (χ2n) is 4.34. The van der Waals surface area contributed by atoms with Crippen LogP contribution in [0.1, 0.15) is 23.5 Å². The van der Waals surface area contributed by atoms with Gasteiger partial charge in [0, 0.05) is 0 Å². The molecule has 6 nitrogen and oxygen atoms in total. The average molecular weight is 310 g/mol. The zero-order chi connectivity index (χ0) is 15.4. The Bertz CT molecular complexity index is 647. The van der Waals surface area contributed by atoms with E-state index in [0.717, 1.165) is 5.01 Å². The molecule has 2 amide bonds. The van der Waals surface area contributed by atoms with Gasteiger partial charge in [0.1, 0.15) is 5.01 Å². The highest BCUT2D eigenvalue weighted by molar-refractivity contribution is 7.15. The molecule has 0 aliphatic heterocycles.